The highest BCUT2D eigenvalue weighted by Crippen LogP contribution is 2.45. The third-order valence-corrected chi connectivity index (χ3v) is 18.2. The van der Waals surface area contributed by atoms with Crippen molar-refractivity contribution in [3.05, 3.63) is 0 Å². The maximum absolute atomic E-state index is 13.0. The van der Waals surface area contributed by atoms with Gasteiger partial charge in [-0.2, -0.15) is 0 Å². The Bertz CT molecular complexity index is 1780. The summed E-state index contributed by atoms with van der Waals surface area (Å²) in [5.41, 5.74) is 0. The van der Waals surface area contributed by atoms with Gasteiger partial charge in [-0.05, 0) is 49.4 Å². The van der Waals surface area contributed by atoms with Gasteiger partial charge in [-0.1, -0.05) is 299 Å². The summed E-state index contributed by atoms with van der Waals surface area (Å²) in [5, 5.41) is 10.6. The van der Waals surface area contributed by atoms with Crippen molar-refractivity contribution in [3.63, 3.8) is 0 Å². The lowest BCUT2D eigenvalue weighted by Gasteiger charge is -2.21. The lowest BCUT2D eigenvalue weighted by molar-refractivity contribution is -0.161. The van der Waals surface area contributed by atoms with Crippen molar-refractivity contribution in [2.24, 2.45) is 23.7 Å². The predicted octanol–water partition coefficient (Wildman–Crippen LogP) is 20.1. The second-order valence-electron chi connectivity index (χ2n) is 27.5. The Labute approximate surface area is 549 Å². The average molecular weight is 1330 g/mol. The minimum Gasteiger partial charge on any atom is -0.462 e. The third kappa shape index (κ3) is 64.8. The fraction of sp³-hybridized carbons (Fsp3) is 0.944. The van der Waals surface area contributed by atoms with E-state index in [1.807, 2.05) is 0 Å². The van der Waals surface area contributed by atoms with Gasteiger partial charge >= 0.3 is 39.5 Å². The quantitative estimate of drug-likeness (QED) is 0.0222. The molecule has 0 radical (unpaired) electrons. The Morgan fingerprint density at radius 1 is 0.278 bits per heavy atom. The molecule has 0 aliphatic carbocycles. The zero-order valence-corrected chi connectivity index (χ0v) is 60.6. The van der Waals surface area contributed by atoms with Crippen molar-refractivity contribution in [1.29, 1.82) is 0 Å². The van der Waals surface area contributed by atoms with Gasteiger partial charge in [0.2, 0.25) is 0 Å². The molecule has 90 heavy (non-hydrogen) atoms. The van der Waals surface area contributed by atoms with E-state index < -0.39 is 97.5 Å². The Kier molecular flexibility index (Phi) is 59.4. The molecule has 0 aromatic carbocycles. The molecule has 0 rings (SSSR count). The highest BCUT2D eigenvalue weighted by atomic mass is 31.2. The van der Waals surface area contributed by atoms with Gasteiger partial charge in [0, 0.05) is 25.7 Å². The number of hydrogen-bond acceptors (Lipinski definition) is 15. The first kappa shape index (κ1) is 88.1. The van der Waals surface area contributed by atoms with Crippen LogP contribution in [0.25, 0.3) is 0 Å². The van der Waals surface area contributed by atoms with Crippen LogP contribution in [0.5, 0.6) is 0 Å². The molecule has 0 amide bonds. The van der Waals surface area contributed by atoms with Crippen molar-refractivity contribution in [2.75, 3.05) is 39.6 Å². The average Bonchev–Trinajstić information content (AvgIpc) is 2.52. The summed E-state index contributed by atoms with van der Waals surface area (Å²) in [7, 11) is -9.90. The molecule has 17 nitrogen and oxygen atoms in total. The van der Waals surface area contributed by atoms with E-state index in [-0.39, 0.29) is 25.7 Å². The second-order valence-corrected chi connectivity index (χ2v) is 30.4. The number of aliphatic hydroxyl groups excluding tert-OH is 1. The van der Waals surface area contributed by atoms with E-state index in [4.69, 9.17) is 37.0 Å². The molecule has 0 fully saturated rings. The number of phosphoric ester groups is 2. The van der Waals surface area contributed by atoms with E-state index in [0.29, 0.717) is 37.5 Å². The molecule has 5 atom stereocenters. The van der Waals surface area contributed by atoms with Gasteiger partial charge in [0.05, 0.1) is 26.4 Å². The van der Waals surface area contributed by atoms with Crippen molar-refractivity contribution in [3.8, 4) is 0 Å². The van der Waals surface area contributed by atoms with E-state index in [1.54, 1.807) is 0 Å². The summed E-state index contributed by atoms with van der Waals surface area (Å²) in [6.07, 6.45) is 43.4. The van der Waals surface area contributed by atoms with Gasteiger partial charge < -0.3 is 33.8 Å². The normalized spacial score (nSPS) is 14.3. The van der Waals surface area contributed by atoms with E-state index >= 15 is 0 Å². The van der Waals surface area contributed by atoms with Gasteiger partial charge in [-0.15, -0.1) is 0 Å². The predicted molar refractivity (Wildman–Crippen MR) is 363 cm³/mol. The molecule has 0 bridgehead atoms. The summed E-state index contributed by atoms with van der Waals surface area (Å²) in [6.45, 7) is 14.0. The van der Waals surface area contributed by atoms with Crippen LogP contribution < -0.4 is 0 Å². The highest BCUT2D eigenvalue weighted by Gasteiger charge is 2.30. The Morgan fingerprint density at radius 3 is 0.689 bits per heavy atom. The van der Waals surface area contributed by atoms with Crippen LogP contribution in [-0.2, 0) is 65.4 Å². The molecule has 0 heterocycles. The van der Waals surface area contributed by atoms with Gasteiger partial charge in [-0.3, -0.25) is 37.3 Å². The number of rotatable bonds is 68. The zero-order chi connectivity index (χ0) is 66.8. The number of carbonyl (C=O) groups is 4. The van der Waals surface area contributed by atoms with E-state index in [1.165, 1.54) is 148 Å². The van der Waals surface area contributed by atoms with Crippen LogP contribution in [0.3, 0.4) is 0 Å². The van der Waals surface area contributed by atoms with Crippen LogP contribution in [0.15, 0.2) is 0 Å². The summed E-state index contributed by atoms with van der Waals surface area (Å²) < 4.78 is 68.2. The molecule has 0 saturated carbocycles. The van der Waals surface area contributed by atoms with Crippen LogP contribution in [0.4, 0.5) is 0 Å². The molecular formula is C71H138O17P2. The molecule has 534 valence electrons. The van der Waals surface area contributed by atoms with Gasteiger partial charge in [0.1, 0.15) is 19.3 Å². The summed E-state index contributed by atoms with van der Waals surface area (Å²) in [4.78, 5) is 72.5. The number of carbonyl (C=O) groups excluding carboxylic acids is 4. The van der Waals surface area contributed by atoms with Crippen molar-refractivity contribution < 1.29 is 80.2 Å². The molecule has 0 spiro atoms. The Balaban J connectivity index is 5.19. The summed E-state index contributed by atoms with van der Waals surface area (Å²) >= 11 is 0. The smallest absolute Gasteiger partial charge is 0.462 e. The number of aliphatic hydroxyl groups is 1. The van der Waals surface area contributed by atoms with Gasteiger partial charge in [0.25, 0.3) is 0 Å². The number of unbranched alkanes of at least 4 members (excludes halogenated alkanes) is 34. The Morgan fingerprint density at radius 2 is 0.467 bits per heavy atom. The first-order chi connectivity index (χ1) is 43.1. The van der Waals surface area contributed by atoms with Crippen LogP contribution in [0, 0.1) is 23.7 Å². The lowest BCUT2D eigenvalue weighted by atomic mass is 10.0. The van der Waals surface area contributed by atoms with Crippen molar-refractivity contribution in [1.82, 2.24) is 0 Å². The second kappa shape index (κ2) is 60.7. The minimum atomic E-state index is -4.95. The van der Waals surface area contributed by atoms with Crippen molar-refractivity contribution in [2.45, 2.75) is 369 Å². The fourth-order valence-electron chi connectivity index (χ4n) is 10.7. The highest BCUT2D eigenvalue weighted by molar-refractivity contribution is 7.47. The number of ether oxygens (including phenoxy) is 4. The molecule has 3 N–H and O–H groups in total. The number of phosphoric acid groups is 2. The Hall–Kier alpha value is -1.94. The van der Waals surface area contributed by atoms with E-state index in [2.05, 4.69) is 55.4 Å². The molecule has 0 aliphatic rings. The molecule has 0 aromatic rings. The monoisotopic (exact) mass is 1320 g/mol. The molecule has 19 heteroatoms. The lowest BCUT2D eigenvalue weighted by Crippen LogP contribution is -2.30. The summed E-state index contributed by atoms with van der Waals surface area (Å²) in [5.74, 6) is 0.804. The first-order valence-electron chi connectivity index (χ1n) is 36.7. The topological polar surface area (TPSA) is 237 Å². The number of esters is 4. The third-order valence-electron chi connectivity index (χ3n) is 16.3. The van der Waals surface area contributed by atoms with Gasteiger partial charge in [0.15, 0.2) is 12.2 Å². The van der Waals surface area contributed by atoms with Crippen LogP contribution in [0.2, 0.25) is 0 Å². The minimum absolute atomic E-state index is 0.103. The zero-order valence-electron chi connectivity index (χ0n) is 58.8. The van der Waals surface area contributed by atoms with Crippen LogP contribution in [-0.4, -0.2) is 96.7 Å². The van der Waals surface area contributed by atoms with E-state index in [0.717, 1.165) is 108 Å². The number of hydrogen-bond donors (Lipinski definition) is 3. The SMILES string of the molecule is CC(C)CCCCCCCCCCCCCCCCCC(=O)O[C@H](COC(=O)CCCCCCCCC(C)C)COP(=O)(O)OCC(O)COP(=O)(O)OC[C@@H](COC(=O)CCCCCCCCCCCCC(C)C)OC(=O)CCCCCCCCCC(C)C. The molecule has 0 saturated heterocycles. The van der Waals surface area contributed by atoms with E-state index in [9.17, 15) is 43.2 Å². The van der Waals surface area contributed by atoms with Gasteiger partial charge in [-0.25, -0.2) is 9.13 Å². The molecule has 3 unspecified atom stereocenters. The molecule has 0 aliphatic heterocycles. The first-order valence-corrected chi connectivity index (χ1v) is 39.7. The standard InChI is InChI=1S/C71H138O17P2/c1-61(2)47-39-31-23-18-14-12-10-9-11-13-15-21-27-37-45-53-70(75)87-67(58-82-69(74)52-44-36-30-29-34-42-50-64(7)8)60-86-90(79,80)84-56-65(72)55-83-89(77,78)85-59-66(88-71(76)54-46-38-28-22-25-33-41-49-63(5)6)57-81-68(73)51-43-35-26-20-17-16-19-24-32-40-48-62(3)4/h61-67,72H,9-60H2,1-8H3,(H,77,78)(H,79,80)/t65?,66-,67-/m1/s1. The van der Waals surface area contributed by atoms with Crippen LogP contribution in [0.1, 0.15) is 351 Å². The maximum atomic E-state index is 13.0. The van der Waals surface area contributed by atoms with Crippen LogP contribution >= 0.6 is 15.6 Å². The molecule has 0 aromatic heterocycles. The largest absolute Gasteiger partial charge is 0.472 e. The maximum Gasteiger partial charge on any atom is 0.472 e. The molecular weight excluding hydrogens is 1190 g/mol. The fourth-order valence-corrected chi connectivity index (χ4v) is 12.2. The summed E-state index contributed by atoms with van der Waals surface area (Å²) in [6, 6.07) is 0. The van der Waals surface area contributed by atoms with Crippen molar-refractivity contribution >= 4 is 39.5 Å².